The van der Waals surface area contributed by atoms with Gasteiger partial charge in [-0.15, -0.1) is 0 Å². The van der Waals surface area contributed by atoms with Crippen LogP contribution in [-0.4, -0.2) is 60.5 Å². The van der Waals surface area contributed by atoms with Crippen LogP contribution in [0.4, 0.5) is 0 Å². The second-order valence-electron chi connectivity index (χ2n) is 3.48. The molecule has 0 aromatic carbocycles. The lowest BCUT2D eigenvalue weighted by molar-refractivity contribution is 0.107. The highest BCUT2D eigenvalue weighted by atomic mass is 16.3. The first-order chi connectivity index (χ1) is 6.38. The number of hydrogen-bond acceptors (Lipinski definition) is 4. The van der Waals surface area contributed by atoms with Crippen molar-refractivity contribution < 1.29 is 10.2 Å². The van der Waals surface area contributed by atoms with E-state index in [0.29, 0.717) is 19.1 Å². The van der Waals surface area contributed by atoms with Gasteiger partial charge in [0, 0.05) is 25.7 Å². The Morgan fingerprint density at radius 3 is 2.38 bits per heavy atom. The van der Waals surface area contributed by atoms with E-state index in [-0.39, 0.29) is 13.2 Å². The van der Waals surface area contributed by atoms with Crippen LogP contribution in [0.5, 0.6) is 0 Å². The topological polar surface area (TPSA) is 55.7 Å². The third-order valence-corrected chi connectivity index (χ3v) is 2.56. The largest absolute Gasteiger partial charge is 0.395 e. The second-order valence-corrected chi connectivity index (χ2v) is 3.48. The van der Waals surface area contributed by atoms with Crippen molar-refractivity contribution >= 4 is 0 Å². The van der Waals surface area contributed by atoms with Gasteiger partial charge in [-0.2, -0.15) is 0 Å². The van der Waals surface area contributed by atoms with E-state index in [9.17, 15) is 0 Å². The van der Waals surface area contributed by atoms with Crippen molar-refractivity contribution in [2.45, 2.75) is 18.9 Å². The number of aliphatic hydroxyl groups excluding tert-OH is 2. The molecule has 1 rings (SSSR count). The number of aliphatic hydroxyl groups is 2. The first-order valence-electron chi connectivity index (χ1n) is 5.05. The molecular weight excluding hydrogens is 168 g/mol. The fourth-order valence-corrected chi connectivity index (χ4v) is 1.88. The summed E-state index contributed by atoms with van der Waals surface area (Å²) in [6.45, 7) is 3.79. The van der Waals surface area contributed by atoms with Gasteiger partial charge in [0.2, 0.25) is 0 Å². The quantitative estimate of drug-likeness (QED) is 0.519. The van der Waals surface area contributed by atoms with Gasteiger partial charge in [0.15, 0.2) is 0 Å². The average molecular weight is 188 g/mol. The molecule has 1 aliphatic rings. The van der Waals surface area contributed by atoms with Crippen LogP contribution in [0.3, 0.4) is 0 Å². The van der Waals surface area contributed by atoms with Gasteiger partial charge in [-0.05, 0) is 19.4 Å². The van der Waals surface area contributed by atoms with Crippen molar-refractivity contribution in [2.75, 3.05) is 39.4 Å². The van der Waals surface area contributed by atoms with Crippen LogP contribution in [0.25, 0.3) is 0 Å². The molecule has 0 saturated carbocycles. The van der Waals surface area contributed by atoms with E-state index in [2.05, 4.69) is 10.2 Å². The van der Waals surface area contributed by atoms with Crippen molar-refractivity contribution in [3.05, 3.63) is 0 Å². The monoisotopic (exact) mass is 188 g/mol. The lowest BCUT2D eigenvalue weighted by atomic mass is 10.1. The molecule has 0 bridgehead atoms. The van der Waals surface area contributed by atoms with Crippen molar-refractivity contribution in [2.24, 2.45) is 0 Å². The van der Waals surface area contributed by atoms with Gasteiger partial charge in [-0.25, -0.2) is 0 Å². The summed E-state index contributed by atoms with van der Waals surface area (Å²) in [7, 11) is 0. The SMILES string of the molecule is OCCN(CCO)C1CCCNC1. The Morgan fingerprint density at radius 2 is 1.92 bits per heavy atom. The van der Waals surface area contributed by atoms with Gasteiger partial charge < -0.3 is 15.5 Å². The van der Waals surface area contributed by atoms with E-state index in [4.69, 9.17) is 10.2 Å². The maximum atomic E-state index is 8.85. The molecule has 0 spiro atoms. The van der Waals surface area contributed by atoms with Gasteiger partial charge in [0.1, 0.15) is 0 Å². The molecular formula is C9H20N2O2. The van der Waals surface area contributed by atoms with E-state index >= 15 is 0 Å². The molecule has 0 radical (unpaired) electrons. The summed E-state index contributed by atoms with van der Waals surface area (Å²) in [6, 6.07) is 0.494. The zero-order chi connectivity index (χ0) is 9.52. The molecule has 1 aliphatic heterocycles. The van der Waals surface area contributed by atoms with Crippen LogP contribution in [-0.2, 0) is 0 Å². The fraction of sp³-hybridized carbons (Fsp3) is 1.00. The van der Waals surface area contributed by atoms with E-state index in [1.165, 1.54) is 12.8 Å². The Morgan fingerprint density at radius 1 is 1.23 bits per heavy atom. The molecule has 1 fully saturated rings. The van der Waals surface area contributed by atoms with Crippen LogP contribution in [0.2, 0.25) is 0 Å². The minimum atomic E-state index is 0.177. The van der Waals surface area contributed by atoms with Gasteiger partial charge in [0.05, 0.1) is 13.2 Å². The highest BCUT2D eigenvalue weighted by Gasteiger charge is 2.19. The Hall–Kier alpha value is -0.160. The minimum absolute atomic E-state index is 0.177. The number of rotatable bonds is 5. The standard InChI is InChI=1S/C9H20N2O2/c12-6-4-11(5-7-13)9-2-1-3-10-8-9/h9-10,12-13H,1-8H2. The summed E-state index contributed by atoms with van der Waals surface area (Å²) in [4.78, 5) is 2.16. The Balaban J connectivity index is 2.32. The predicted molar refractivity (Wildman–Crippen MR) is 51.6 cm³/mol. The Labute approximate surface area is 79.6 Å². The number of nitrogens with zero attached hydrogens (tertiary/aromatic N) is 1. The highest BCUT2D eigenvalue weighted by molar-refractivity contribution is 4.78. The van der Waals surface area contributed by atoms with E-state index in [1.807, 2.05) is 0 Å². The molecule has 1 unspecified atom stereocenters. The maximum absolute atomic E-state index is 8.85. The van der Waals surface area contributed by atoms with Crippen LogP contribution in [0.1, 0.15) is 12.8 Å². The molecule has 3 N–H and O–H groups in total. The molecule has 78 valence electrons. The minimum Gasteiger partial charge on any atom is -0.395 e. The zero-order valence-electron chi connectivity index (χ0n) is 8.08. The van der Waals surface area contributed by atoms with E-state index in [0.717, 1.165) is 13.1 Å². The lowest BCUT2D eigenvalue weighted by Gasteiger charge is -2.33. The Bertz CT molecular complexity index is 121. The summed E-state index contributed by atoms with van der Waals surface area (Å²) >= 11 is 0. The molecule has 0 amide bonds. The van der Waals surface area contributed by atoms with E-state index in [1.54, 1.807) is 0 Å². The molecule has 0 aromatic rings. The number of piperidine rings is 1. The van der Waals surface area contributed by atoms with Crippen LogP contribution >= 0.6 is 0 Å². The third kappa shape index (κ3) is 3.60. The molecule has 0 aromatic heterocycles. The van der Waals surface area contributed by atoms with Crippen molar-refractivity contribution in [1.29, 1.82) is 0 Å². The van der Waals surface area contributed by atoms with Crippen molar-refractivity contribution in [1.82, 2.24) is 10.2 Å². The van der Waals surface area contributed by atoms with Crippen LogP contribution in [0.15, 0.2) is 0 Å². The van der Waals surface area contributed by atoms with Crippen molar-refractivity contribution in [3.63, 3.8) is 0 Å². The molecule has 1 atom stereocenters. The van der Waals surface area contributed by atoms with Crippen LogP contribution in [0, 0.1) is 0 Å². The lowest BCUT2D eigenvalue weighted by Crippen LogP contribution is -2.48. The summed E-state index contributed by atoms with van der Waals surface area (Å²) in [5.74, 6) is 0. The molecule has 0 aliphatic carbocycles. The molecule has 1 heterocycles. The maximum Gasteiger partial charge on any atom is 0.0558 e. The highest BCUT2D eigenvalue weighted by Crippen LogP contribution is 2.09. The Kier molecular flexibility index (Phi) is 5.31. The number of hydrogen-bond donors (Lipinski definition) is 3. The van der Waals surface area contributed by atoms with Crippen LogP contribution < -0.4 is 5.32 Å². The smallest absolute Gasteiger partial charge is 0.0558 e. The van der Waals surface area contributed by atoms with Gasteiger partial charge >= 0.3 is 0 Å². The zero-order valence-corrected chi connectivity index (χ0v) is 8.08. The summed E-state index contributed by atoms with van der Waals surface area (Å²) < 4.78 is 0. The first-order valence-corrected chi connectivity index (χ1v) is 5.05. The molecule has 4 heteroatoms. The van der Waals surface area contributed by atoms with Gasteiger partial charge in [0.25, 0.3) is 0 Å². The second kappa shape index (κ2) is 6.32. The van der Waals surface area contributed by atoms with E-state index < -0.39 is 0 Å². The summed E-state index contributed by atoms with van der Waals surface area (Å²) in [5.41, 5.74) is 0. The summed E-state index contributed by atoms with van der Waals surface area (Å²) in [5, 5.41) is 21.0. The summed E-state index contributed by atoms with van der Waals surface area (Å²) in [6.07, 6.45) is 2.37. The third-order valence-electron chi connectivity index (χ3n) is 2.56. The predicted octanol–water partition coefficient (Wildman–Crippen LogP) is -0.975. The normalized spacial score (nSPS) is 23.8. The molecule has 13 heavy (non-hydrogen) atoms. The van der Waals surface area contributed by atoms with Gasteiger partial charge in [-0.3, -0.25) is 4.90 Å². The van der Waals surface area contributed by atoms with Gasteiger partial charge in [-0.1, -0.05) is 0 Å². The van der Waals surface area contributed by atoms with Crippen molar-refractivity contribution in [3.8, 4) is 0 Å². The number of nitrogens with one attached hydrogen (secondary N) is 1. The fourth-order valence-electron chi connectivity index (χ4n) is 1.88. The molecule has 4 nitrogen and oxygen atoms in total. The molecule has 1 saturated heterocycles. The average Bonchev–Trinajstić information content (AvgIpc) is 2.19. The first kappa shape index (κ1) is 10.9.